The maximum atomic E-state index is 10.5. The molecule has 6 atom stereocenters. The highest BCUT2D eigenvalue weighted by atomic mass is 16.5. The Hall–Kier alpha value is -2.58. The first kappa shape index (κ1) is 25.1. The van der Waals surface area contributed by atoms with Gasteiger partial charge in [0.1, 0.15) is 12.2 Å². The van der Waals surface area contributed by atoms with Crippen LogP contribution in [0, 0.1) is 0 Å². The molecule has 2 heterocycles. The Morgan fingerprint density at radius 3 is 1.69 bits per heavy atom. The van der Waals surface area contributed by atoms with E-state index in [9.17, 15) is 10.2 Å². The van der Waals surface area contributed by atoms with Crippen molar-refractivity contribution < 1.29 is 24.4 Å². The third kappa shape index (κ3) is 6.03. The SMILES string of the molecule is O[C@@H]1C[C@@H]2[C@@H](OCc3ccccc3)[C@H](OCc3ccccc3)[C@@H](COCc3ccccc3)N2C[C@@H]1O. The van der Waals surface area contributed by atoms with E-state index in [4.69, 9.17) is 14.2 Å². The molecule has 6 nitrogen and oxygen atoms in total. The van der Waals surface area contributed by atoms with Crippen LogP contribution < -0.4 is 0 Å². The first-order valence-electron chi connectivity index (χ1n) is 12.7. The Morgan fingerprint density at radius 2 is 1.14 bits per heavy atom. The lowest BCUT2D eigenvalue weighted by molar-refractivity contribution is -0.0948. The van der Waals surface area contributed by atoms with Crippen molar-refractivity contribution in [2.75, 3.05) is 13.2 Å². The molecule has 3 aromatic rings. The number of piperidine rings is 1. The minimum Gasteiger partial charge on any atom is -0.390 e. The second kappa shape index (κ2) is 12.1. The molecule has 2 saturated heterocycles. The summed E-state index contributed by atoms with van der Waals surface area (Å²) in [5.74, 6) is 0. The molecule has 3 aromatic carbocycles. The van der Waals surface area contributed by atoms with Crippen LogP contribution in [0.4, 0.5) is 0 Å². The number of ether oxygens (including phenoxy) is 3. The molecule has 2 N–H and O–H groups in total. The number of benzene rings is 3. The number of hydrogen-bond donors (Lipinski definition) is 2. The molecule has 36 heavy (non-hydrogen) atoms. The van der Waals surface area contributed by atoms with E-state index in [0.717, 1.165) is 16.7 Å². The van der Waals surface area contributed by atoms with E-state index in [1.54, 1.807) is 0 Å². The van der Waals surface area contributed by atoms with Gasteiger partial charge in [0.25, 0.3) is 0 Å². The quantitative estimate of drug-likeness (QED) is 0.454. The lowest BCUT2D eigenvalue weighted by atomic mass is 9.96. The van der Waals surface area contributed by atoms with Crippen LogP contribution >= 0.6 is 0 Å². The van der Waals surface area contributed by atoms with Gasteiger partial charge in [-0.3, -0.25) is 4.90 Å². The normalized spacial score (nSPS) is 28.2. The van der Waals surface area contributed by atoms with Crippen molar-refractivity contribution >= 4 is 0 Å². The zero-order chi connectivity index (χ0) is 24.7. The van der Waals surface area contributed by atoms with Crippen molar-refractivity contribution in [3.63, 3.8) is 0 Å². The first-order chi connectivity index (χ1) is 17.7. The fraction of sp³-hybridized carbons (Fsp3) is 0.400. The van der Waals surface area contributed by atoms with Gasteiger partial charge < -0.3 is 24.4 Å². The van der Waals surface area contributed by atoms with E-state index in [2.05, 4.69) is 17.0 Å². The molecule has 0 radical (unpaired) electrons. The number of hydrogen-bond acceptors (Lipinski definition) is 6. The van der Waals surface area contributed by atoms with Crippen molar-refractivity contribution in [2.24, 2.45) is 0 Å². The van der Waals surface area contributed by atoms with Crippen LogP contribution in [0.15, 0.2) is 91.0 Å². The van der Waals surface area contributed by atoms with Gasteiger partial charge in [0, 0.05) is 12.6 Å². The van der Waals surface area contributed by atoms with E-state index in [1.807, 2.05) is 78.9 Å². The number of aliphatic hydroxyl groups is 2. The van der Waals surface area contributed by atoms with Crippen molar-refractivity contribution in [3.05, 3.63) is 108 Å². The first-order valence-corrected chi connectivity index (χ1v) is 12.7. The molecule has 6 heteroatoms. The average Bonchev–Trinajstić information content (AvgIpc) is 3.19. The highest BCUT2D eigenvalue weighted by molar-refractivity contribution is 5.16. The monoisotopic (exact) mass is 489 g/mol. The maximum Gasteiger partial charge on any atom is 0.103 e. The van der Waals surface area contributed by atoms with Gasteiger partial charge in [-0.05, 0) is 23.1 Å². The molecule has 0 unspecified atom stereocenters. The van der Waals surface area contributed by atoms with Gasteiger partial charge in [0.05, 0.1) is 44.7 Å². The van der Waals surface area contributed by atoms with Gasteiger partial charge in [-0.1, -0.05) is 91.0 Å². The molecule has 2 aliphatic heterocycles. The summed E-state index contributed by atoms with van der Waals surface area (Å²) in [6.45, 7) is 2.22. The second-order valence-corrected chi connectivity index (χ2v) is 9.73. The van der Waals surface area contributed by atoms with E-state index >= 15 is 0 Å². The van der Waals surface area contributed by atoms with Crippen LogP contribution in [0.3, 0.4) is 0 Å². The Balaban J connectivity index is 1.36. The van der Waals surface area contributed by atoms with Crippen molar-refractivity contribution in [1.29, 1.82) is 0 Å². The molecule has 0 bridgehead atoms. The number of aliphatic hydroxyl groups excluding tert-OH is 2. The zero-order valence-corrected chi connectivity index (χ0v) is 20.4. The summed E-state index contributed by atoms with van der Waals surface area (Å²) in [7, 11) is 0. The molecule has 0 spiro atoms. The standard InChI is InChI=1S/C30H35NO5/c32-27-16-25-29(35-19-23-12-6-2-7-13-23)30(36-20-24-14-8-3-9-15-24)26(31(25)17-28(27)33)21-34-18-22-10-4-1-5-11-22/h1-15,25-30,32-33H,16-21H2/t25-,26-,27-,28+,29-,30-/m1/s1. The van der Waals surface area contributed by atoms with Crippen LogP contribution in [-0.2, 0) is 34.0 Å². The van der Waals surface area contributed by atoms with Gasteiger partial charge in [-0.15, -0.1) is 0 Å². The molecule has 190 valence electrons. The van der Waals surface area contributed by atoms with Crippen molar-refractivity contribution in [3.8, 4) is 0 Å². The van der Waals surface area contributed by atoms with Crippen LogP contribution in [0.5, 0.6) is 0 Å². The molecule has 0 amide bonds. The largest absolute Gasteiger partial charge is 0.390 e. The fourth-order valence-corrected chi connectivity index (χ4v) is 5.35. The summed E-state index contributed by atoms with van der Waals surface area (Å²) < 4.78 is 19.3. The molecule has 0 aliphatic carbocycles. The zero-order valence-electron chi connectivity index (χ0n) is 20.4. The third-order valence-corrected chi connectivity index (χ3v) is 7.23. The Bertz CT molecular complexity index is 1050. The second-order valence-electron chi connectivity index (χ2n) is 9.73. The van der Waals surface area contributed by atoms with Crippen LogP contribution in [0.2, 0.25) is 0 Å². The summed E-state index contributed by atoms with van der Waals surface area (Å²) in [5, 5.41) is 21.0. The summed E-state index contributed by atoms with van der Waals surface area (Å²) in [6.07, 6.45) is -1.69. The van der Waals surface area contributed by atoms with E-state index in [0.29, 0.717) is 39.4 Å². The predicted molar refractivity (Wildman–Crippen MR) is 137 cm³/mol. The summed E-state index contributed by atoms with van der Waals surface area (Å²) in [4.78, 5) is 2.23. The minimum absolute atomic E-state index is 0.0711. The van der Waals surface area contributed by atoms with Crippen LogP contribution in [-0.4, -0.2) is 64.8 Å². The molecular formula is C30H35NO5. The van der Waals surface area contributed by atoms with E-state index in [-0.39, 0.29) is 24.3 Å². The van der Waals surface area contributed by atoms with Gasteiger partial charge in [0.2, 0.25) is 0 Å². The minimum atomic E-state index is -0.805. The van der Waals surface area contributed by atoms with E-state index < -0.39 is 12.2 Å². The average molecular weight is 490 g/mol. The Kier molecular flexibility index (Phi) is 8.43. The number of fused-ring (bicyclic) bond motifs is 1. The Morgan fingerprint density at radius 1 is 0.639 bits per heavy atom. The van der Waals surface area contributed by atoms with Gasteiger partial charge in [-0.2, -0.15) is 0 Å². The number of rotatable bonds is 10. The molecule has 2 aliphatic rings. The summed E-state index contributed by atoms with van der Waals surface area (Å²) in [6, 6.07) is 30.1. The van der Waals surface area contributed by atoms with E-state index in [1.165, 1.54) is 0 Å². The molecule has 5 rings (SSSR count). The molecule has 0 aromatic heterocycles. The third-order valence-electron chi connectivity index (χ3n) is 7.23. The Labute approximate surface area is 213 Å². The molecular weight excluding hydrogens is 454 g/mol. The molecule has 2 fully saturated rings. The lowest BCUT2D eigenvalue weighted by Crippen LogP contribution is -2.54. The van der Waals surface area contributed by atoms with Crippen LogP contribution in [0.1, 0.15) is 23.1 Å². The lowest BCUT2D eigenvalue weighted by Gasteiger charge is -2.39. The van der Waals surface area contributed by atoms with Gasteiger partial charge >= 0.3 is 0 Å². The van der Waals surface area contributed by atoms with Crippen LogP contribution in [0.25, 0.3) is 0 Å². The number of nitrogens with zero attached hydrogens (tertiary/aromatic N) is 1. The van der Waals surface area contributed by atoms with Crippen molar-refractivity contribution in [2.45, 2.75) is 62.7 Å². The highest BCUT2D eigenvalue weighted by Crippen LogP contribution is 2.37. The fourth-order valence-electron chi connectivity index (χ4n) is 5.35. The van der Waals surface area contributed by atoms with Crippen molar-refractivity contribution in [1.82, 2.24) is 4.90 Å². The highest BCUT2D eigenvalue weighted by Gasteiger charge is 2.54. The topological polar surface area (TPSA) is 71.4 Å². The molecule has 0 saturated carbocycles. The van der Waals surface area contributed by atoms with Gasteiger partial charge in [0.15, 0.2) is 0 Å². The van der Waals surface area contributed by atoms with Gasteiger partial charge in [-0.25, -0.2) is 0 Å². The smallest absolute Gasteiger partial charge is 0.103 e. The summed E-state index contributed by atoms with van der Waals surface area (Å²) >= 11 is 0. The summed E-state index contributed by atoms with van der Waals surface area (Å²) in [5.41, 5.74) is 3.29. The maximum absolute atomic E-state index is 10.5. The predicted octanol–water partition coefficient (Wildman–Crippen LogP) is 3.55.